The van der Waals surface area contributed by atoms with Gasteiger partial charge in [0.25, 0.3) is 0 Å². The van der Waals surface area contributed by atoms with E-state index in [1.807, 2.05) is 0 Å². The molecule has 10 heavy (non-hydrogen) atoms. The summed E-state index contributed by atoms with van der Waals surface area (Å²) in [5, 5.41) is 18.1. The number of nitrogens with zero attached hydrogens (tertiary/aromatic N) is 1. The summed E-state index contributed by atoms with van der Waals surface area (Å²) in [5.74, 6) is -1.02. The van der Waals surface area contributed by atoms with Crippen LogP contribution in [0.3, 0.4) is 0 Å². The van der Waals surface area contributed by atoms with Crippen molar-refractivity contribution in [3.8, 4) is 0 Å². The van der Waals surface area contributed by atoms with E-state index < -0.39 is 12.0 Å². The van der Waals surface area contributed by atoms with E-state index in [1.165, 1.54) is 0 Å². The Morgan fingerprint density at radius 1 is 1.70 bits per heavy atom. The van der Waals surface area contributed by atoms with Crippen LogP contribution in [0.4, 0.5) is 0 Å². The molecule has 0 spiro atoms. The van der Waals surface area contributed by atoms with Crippen LogP contribution in [-0.4, -0.2) is 40.0 Å². The van der Waals surface area contributed by atoms with Gasteiger partial charge in [0.15, 0.2) is 0 Å². The van der Waals surface area contributed by atoms with Crippen LogP contribution in [0.15, 0.2) is 0 Å². The Morgan fingerprint density at radius 2 is 2.30 bits per heavy atom. The molecule has 1 aliphatic rings. The van der Waals surface area contributed by atoms with Gasteiger partial charge < -0.3 is 16.0 Å². The van der Waals surface area contributed by atoms with Crippen molar-refractivity contribution in [2.45, 2.75) is 18.5 Å². The first-order valence-corrected chi connectivity index (χ1v) is 3.05. The molecule has 0 aliphatic carbocycles. The van der Waals surface area contributed by atoms with Gasteiger partial charge in [-0.2, -0.15) is 5.06 Å². The van der Waals surface area contributed by atoms with Gasteiger partial charge in [-0.1, -0.05) is 0 Å². The van der Waals surface area contributed by atoms with Crippen molar-refractivity contribution >= 4 is 5.97 Å². The van der Waals surface area contributed by atoms with E-state index in [9.17, 15) is 4.79 Å². The number of carboxylic acid groups (broad SMARTS) is 1. The van der Waals surface area contributed by atoms with Crippen LogP contribution in [0, 0.1) is 0 Å². The number of nitrogens with two attached hydrogens (primary N) is 1. The zero-order chi connectivity index (χ0) is 7.72. The van der Waals surface area contributed by atoms with Crippen LogP contribution in [0.2, 0.25) is 0 Å². The first-order valence-electron chi connectivity index (χ1n) is 3.05. The van der Waals surface area contributed by atoms with Crippen LogP contribution in [0.25, 0.3) is 0 Å². The number of hydrogen-bond donors (Lipinski definition) is 3. The van der Waals surface area contributed by atoms with E-state index in [-0.39, 0.29) is 12.6 Å². The lowest BCUT2D eigenvalue weighted by atomic mass is 10.2. The molecular formula is C5H10N2O3. The summed E-state index contributed by atoms with van der Waals surface area (Å²) < 4.78 is 0. The normalized spacial score (nSPS) is 34.6. The molecular weight excluding hydrogens is 136 g/mol. The fourth-order valence-electron chi connectivity index (χ4n) is 1.08. The highest BCUT2D eigenvalue weighted by Gasteiger charge is 2.34. The summed E-state index contributed by atoms with van der Waals surface area (Å²) >= 11 is 0. The van der Waals surface area contributed by atoms with E-state index in [1.54, 1.807) is 0 Å². The molecule has 5 nitrogen and oxygen atoms in total. The van der Waals surface area contributed by atoms with Gasteiger partial charge >= 0.3 is 5.97 Å². The van der Waals surface area contributed by atoms with Crippen LogP contribution in [0.5, 0.6) is 0 Å². The maximum Gasteiger partial charge on any atom is 0.323 e. The van der Waals surface area contributed by atoms with Crippen molar-refractivity contribution in [2.75, 3.05) is 6.54 Å². The lowest BCUT2D eigenvalue weighted by Crippen LogP contribution is -2.33. The Morgan fingerprint density at radius 3 is 2.50 bits per heavy atom. The standard InChI is InChI=1S/C5H10N2O3/c6-3-1-4(5(8)9)7(10)2-3/h3-4,10H,1-2,6H2,(H,8,9). The van der Waals surface area contributed by atoms with Crippen molar-refractivity contribution < 1.29 is 15.1 Å². The molecule has 5 heteroatoms. The number of carboxylic acids is 1. The van der Waals surface area contributed by atoms with Crippen LogP contribution in [0.1, 0.15) is 6.42 Å². The van der Waals surface area contributed by atoms with Crippen molar-refractivity contribution in [1.29, 1.82) is 0 Å². The van der Waals surface area contributed by atoms with E-state index in [0.717, 1.165) is 5.06 Å². The molecule has 0 aromatic heterocycles. The zero-order valence-corrected chi connectivity index (χ0v) is 5.40. The molecule has 0 saturated carbocycles. The molecule has 0 bridgehead atoms. The van der Waals surface area contributed by atoms with Crippen LogP contribution >= 0.6 is 0 Å². The first kappa shape index (κ1) is 7.46. The third-order valence-electron chi connectivity index (χ3n) is 1.59. The van der Waals surface area contributed by atoms with Gasteiger partial charge in [0.2, 0.25) is 0 Å². The third kappa shape index (κ3) is 1.26. The predicted octanol–water partition coefficient (Wildman–Crippen LogP) is -1.14. The Bertz CT molecular complexity index is 150. The number of carbonyl (C=O) groups is 1. The van der Waals surface area contributed by atoms with Gasteiger partial charge in [0.1, 0.15) is 6.04 Å². The lowest BCUT2D eigenvalue weighted by Gasteiger charge is -2.10. The quantitative estimate of drug-likeness (QED) is 0.435. The lowest BCUT2D eigenvalue weighted by molar-refractivity contribution is -0.161. The first-order chi connectivity index (χ1) is 4.61. The molecule has 2 unspecified atom stereocenters. The molecule has 1 rings (SSSR count). The average Bonchev–Trinajstić information content (AvgIpc) is 2.10. The molecule has 1 aliphatic heterocycles. The van der Waals surface area contributed by atoms with Gasteiger partial charge in [-0.15, -0.1) is 0 Å². The van der Waals surface area contributed by atoms with Gasteiger partial charge in [0.05, 0.1) is 0 Å². The molecule has 0 aromatic carbocycles. The smallest absolute Gasteiger partial charge is 0.323 e. The highest BCUT2D eigenvalue weighted by Crippen LogP contribution is 2.13. The van der Waals surface area contributed by atoms with Gasteiger partial charge in [-0.3, -0.25) is 4.79 Å². The Labute approximate surface area is 58.0 Å². The van der Waals surface area contributed by atoms with Crippen LogP contribution in [-0.2, 0) is 4.79 Å². The minimum absolute atomic E-state index is 0.217. The molecule has 4 N–H and O–H groups in total. The fourth-order valence-corrected chi connectivity index (χ4v) is 1.08. The summed E-state index contributed by atoms with van der Waals surface area (Å²) in [5.41, 5.74) is 5.39. The third-order valence-corrected chi connectivity index (χ3v) is 1.59. The van der Waals surface area contributed by atoms with E-state index in [4.69, 9.17) is 16.0 Å². The van der Waals surface area contributed by atoms with Crippen LogP contribution < -0.4 is 5.73 Å². The minimum Gasteiger partial charge on any atom is -0.480 e. The molecule has 2 atom stereocenters. The van der Waals surface area contributed by atoms with E-state index in [2.05, 4.69) is 0 Å². The maximum absolute atomic E-state index is 10.3. The molecule has 0 aromatic rings. The summed E-state index contributed by atoms with van der Waals surface area (Å²) in [6.07, 6.45) is 0.325. The predicted molar refractivity (Wildman–Crippen MR) is 32.5 cm³/mol. The summed E-state index contributed by atoms with van der Waals surface area (Å²) in [6, 6.07) is -1.03. The summed E-state index contributed by atoms with van der Waals surface area (Å²) in [4.78, 5) is 10.3. The largest absolute Gasteiger partial charge is 0.480 e. The fraction of sp³-hybridized carbons (Fsp3) is 0.800. The summed E-state index contributed by atoms with van der Waals surface area (Å²) in [7, 11) is 0. The van der Waals surface area contributed by atoms with E-state index >= 15 is 0 Å². The maximum atomic E-state index is 10.3. The number of rotatable bonds is 1. The molecule has 1 heterocycles. The van der Waals surface area contributed by atoms with E-state index in [0.29, 0.717) is 6.42 Å². The van der Waals surface area contributed by atoms with Gasteiger partial charge in [-0.25, -0.2) is 0 Å². The van der Waals surface area contributed by atoms with Crippen molar-refractivity contribution in [1.82, 2.24) is 5.06 Å². The Balaban J connectivity index is 2.54. The topological polar surface area (TPSA) is 86.8 Å². The Kier molecular flexibility index (Phi) is 1.89. The molecule has 0 amide bonds. The second-order valence-corrected chi connectivity index (χ2v) is 2.47. The van der Waals surface area contributed by atoms with Gasteiger partial charge in [0, 0.05) is 12.6 Å². The zero-order valence-electron chi connectivity index (χ0n) is 5.40. The second-order valence-electron chi connectivity index (χ2n) is 2.47. The monoisotopic (exact) mass is 146 g/mol. The number of hydrogen-bond acceptors (Lipinski definition) is 4. The minimum atomic E-state index is -1.02. The molecule has 1 fully saturated rings. The second kappa shape index (κ2) is 2.53. The highest BCUT2D eigenvalue weighted by molar-refractivity contribution is 5.73. The number of aliphatic carboxylic acids is 1. The molecule has 58 valence electrons. The molecule has 1 saturated heterocycles. The summed E-state index contributed by atoms with van der Waals surface area (Å²) in [6.45, 7) is 0.247. The highest BCUT2D eigenvalue weighted by atomic mass is 16.5. The van der Waals surface area contributed by atoms with Gasteiger partial charge in [-0.05, 0) is 6.42 Å². The van der Waals surface area contributed by atoms with Crippen molar-refractivity contribution in [2.24, 2.45) is 5.73 Å². The van der Waals surface area contributed by atoms with Crippen molar-refractivity contribution in [3.05, 3.63) is 0 Å². The average molecular weight is 146 g/mol. The Hall–Kier alpha value is -0.650. The number of hydroxylamine groups is 2. The molecule has 0 radical (unpaired) electrons. The SMILES string of the molecule is NC1CC(C(=O)O)N(O)C1. The van der Waals surface area contributed by atoms with Crippen molar-refractivity contribution in [3.63, 3.8) is 0 Å².